The highest BCUT2D eigenvalue weighted by Crippen LogP contribution is 2.29. The summed E-state index contributed by atoms with van der Waals surface area (Å²) in [6.07, 6.45) is 2.89. The molecule has 0 atom stereocenters. The van der Waals surface area contributed by atoms with Crippen molar-refractivity contribution in [1.82, 2.24) is 4.98 Å². The summed E-state index contributed by atoms with van der Waals surface area (Å²) < 4.78 is 28.3. The van der Waals surface area contributed by atoms with Crippen molar-refractivity contribution in [3.8, 4) is 5.88 Å². The highest BCUT2D eigenvalue weighted by Gasteiger charge is 2.22. The van der Waals surface area contributed by atoms with Gasteiger partial charge in [-0.1, -0.05) is 12.1 Å². The molecule has 1 aliphatic heterocycles. The van der Waals surface area contributed by atoms with E-state index in [-0.39, 0.29) is 0 Å². The maximum absolute atomic E-state index is 11.5. The number of pyridine rings is 1. The first-order valence-electron chi connectivity index (χ1n) is 6.38. The lowest BCUT2D eigenvalue weighted by molar-refractivity contribution is 0.397. The van der Waals surface area contributed by atoms with Crippen molar-refractivity contribution >= 4 is 15.5 Å². The van der Waals surface area contributed by atoms with Crippen molar-refractivity contribution in [3.05, 3.63) is 53.2 Å². The van der Waals surface area contributed by atoms with Gasteiger partial charge < -0.3 is 4.74 Å². The summed E-state index contributed by atoms with van der Waals surface area (Å²) in [6, 6.07) is 8.62. The van der Waals surface area contributed by atoms with Crippen LogP contribution in [0.15, 0.2) is 46.4 Å². The van der Waals surface area contributed by atoms with Crippen LogP contribution in [0.2, 0.25) is 0 Å². The lowest BCUT2D eigenvalue weighted by Crippen LogP contribution is -2.06. The van der Waals surface area contributed by atoms with Gasteiger partial charge in [-0.2, -0.15) is 0 Å². The predicted octanol–water partition coefficient (Wildman–Crippen LogP) is 1.84. The van der Waals surface area contributed by atoms with Crippen LogP contribution in [0.1, 0.15) is 16.7 Å². The monoisotopic (exact) mass is 302 g/mol. The molecule has 0 saturated carbocycles. The molecule has 2 heterocycles. The lowest BCUT2D eigenvalue weighted by Gasteiger charge is -2.09. The van der Waals surface area contributed by atoms with Crippen LogP contribution in [-0.2, 0) is 16.4 Å². The van der Waals surface area contributed by atoms with Crippen molar-refractivity contribution in [1.29, 1.82) is 0 Å². The fraction of sp³-hybridized carbons (Fsp3) is 0.200. The Hall–Kier alpha value is -2.21. The van der Waals surface area contributed by atoms with E-state index in [0.717, 1.165) is 22.4 Å². The predicted molar refractivity (Wildman–Crippen MR) is 79.7 cm³/mol. The third kappa shape index (κ3) is 2.42. The number of methoxy groups -OCH3 is 1. The van der Waals surface area contributed by atoms with E-state index in [0.29, 0.717) is 17.3 Å². The van der Waals surface area contributed by atoms with E-state index >= 15 is 0 Å². The SMILES string of the molecule is COc1nccc2c1C(c1ccc(S(C)(=O)=O)cc1)=NC2. The zero-order chi connectivity index (χ0) is 15.0. The Bertz CT molecular complexity index is 824. The second kappa shape index (κ2) is 4.96. The normalized spacial score (nSPS) is 13.7. The summed E-state index contributed by atoms with van der Waals surface area (Å²) in [4.78, 5) is 9.02. The molecule has 0 aliphatic carbocycles. The zero-order valence-corrected chi connectivity index (χ0v) is 12.5. The van der Waals surface area contributed by atoms with Gasteiger partial charge in [0.25, 0.3) is 0 Å². The summed E-state index contributed by atoms with van der Waals surface area (Å²) in [5, 5.41) is 0. The van der Waals surface area contributed by atoms with E-state index in [9.17, 15) is 8.42 Å². The maximum atomic E-state index is 11.5. The number of benzene rings is 1. The topological polar surface area (TPSA) is 68.6 Å². The maximum Gasteiger partial charge on any atom is 0.222 e. The summed E-state index contributed by atoms with van der Waals surface area (Å²) in [5.74, 6) is 0.538. The molecular formula is C15H14N2O3S. The number of hydrogen-bond acceptors (Lipinski definition) is 5. The number of sulfone groups is 1. The molecule has 0 amide bonds. The minimum absolute atomic E-state index is 0.295. The van der Waals surface area contributed by atoms with Gasteiger partial charge in [0.2, 0.25) is 5.88 Å². The quantitative estimate of drug-likeness (QED) is 0.867. The average Bonchev–Trinajstić information content (AvgIpc) is 2.90. The average molecular weight is 302 g/mol. The van der Waals surface area contributed by atoms with E-state index in [4.69, 9.17) is 4.74 Å². The Morgan fingerprint density at radius 3 is 2.48 bits per heavy atom. The molecule has 0 unspecified atom stereocenters. The van der Waals surface area contributed by atoms with E-state index in [1.807, 2.05) is 6.07 Å². The van der Waals surface area contributed by atoms with Crippen LogP contribution in [0.3, 0.4) is 0 Å². The highest BCUT2D eigenvalue weighted by atomic mass is 32.2. The summed E-state index contributed by atoms with van der Waals surface area (Å²) in [7, 11) is -1.62. The third-order valence-corrected chi connectivity index (χ3v) is 4.52. The van der Waals surface area contributed by atoms with Gasteiger partial charge in [0, 0.05) is 18.0 Å². The van der Waals surface area contributed by atoms with E-state index < -0.39 is 9.84 Å². The first kappa shape index (κ1) is 13.8. The molecule has 0 bridgehead atoms. The lowest BCUT2D eigenvalue weighted by atomic mass is 10.0. The van der Waals surface area contributed by atoms with Crippen molar-refractivity contribution < 1.29 is 13.2 Å². The molecule has 1 aliphatic rings. The highest BCUT2D eigenvalue weighted by molar-refractivity contribution is 7.90. The number of nitrogens with zero attached hydrogens (tertiary/aromatic N) is 2. The fourth-order valence-electron chi connectivity index (χ4n) is 2.36. The number of rotatable bonds is 3. The Morgan fingerprint density at radius 1 is 1.14 bits per heavy atom. The molecule has 108 valence electrons. The molecule has 0 fully saturated rings. The van der Waals surface area contributed by atoms with Crippen molar-refractivity contribution in [2.24, 2.45) is 4.99 Å². The number of aromatic nitrogens is 1. The van der Waals surface area contributed by atoms with Crippen LogP contribution in [-0.4, -0.2) is 32.5 Å². The first-order chi connectivity index (χ1) is 10.0. The number of ether oxygens (including phenoxy) is 1. The Balaban J connectivity index is 2.06. The van der Waals surface area contributed by atoms with Gasteiger partial charge in [-0.3, -0.25) is 4.99 Å². The van der Waals surface area contributed by atoms with E-state index in [1.165, 1.54) is 6.26 Å². The van der Waals surface area contributed by atoms with Crippen molar-refractivity contribution in [2.75, 3.05) is 13.4 Å². The van der Waals surface area contributed by atoms with E-state index in [2.05, 4.69) is 9.98 Å². The van der Waals surface area contributed by atoms with Crippen LogP contribution < -0.4 is 4.74 Å². The molecule has 5 nitrogen and oxygen atoms in total. The Kier molecular flexibility index (Phi) is 3.25. The molecule has 0 N–H and O–H groups in total. The summed E-state index contributed by atoms with van der Waals surface area (Å²) in [6.45, 7) is 0.581. The molecule has 21 heavy (non-hydrogen) atoms. The van der Waals surface area contributed by atoms with Crippen molar-refractivity contribution in [3.63, 3.8) is 0 Å². The van der Waals surface area contributed by atoms with Gasteiger partial charge in [0.05, 0.1) is 29.8 Å². The van der Waals surface area contributed by atoms with Gasteiger partial charge in [-0.05, 0) is 23.8 Å². The number of fused-ring (bicyclic) bond motifs is 1. The van der Waals surface area contributed by atoms with Crippen molar-refractivity contribution in [2.45, 2.75) is 11.4 Å². The standard InChI is InChI=1S/C15H14N2O3S/c1-20-15-13-11(7-8-16-15)9-17-14(13)10-3-5-12(6-4-10)21(2,18)19/h3-8H,9H2,1-2H3. The smallest absolute Gasteiger partial charge is 0.222 e. The molecule has 0 saturated heterocycles. The molecule has 2 aromatic rings. The summed E-state index contributed by atoms with van der Waals surface area (Å²) in [5.41, 5.74) is 3.58. The van der Waals surface area contributed by atoms with Crippen LogP contribution in [0.25, 0.3) is 0 Å². The molecule has 6 heteroatoms. The van der Waals surface area contributed by atoms with Gasteiger partial charge in [0.1, 0.15) is 0 Å². The van der Waals surface area contributed by atoms with Gasteiger partial charge in [-0.15, -0.1) is 0 Å². The van der Waals surface area contributed by atoms with Crippen LogP contribution in [0.4, 0.5) is 0 Å². The zero-order valence-electron chi connectivity index (χ0n) is 11.7. The minimum atomic E-state index is -3.19. The molecule has 0 radical (unpaired) electrons. The number of aliphatic imine (C=N–C) groups is 1. The third-order valence-electron chi connectivity index (χ3n) is 3.40. The Morgan fingerprint density at radius 2 is 1.86 bits per heavy atom. The molecule has 1 aromatic carbocycles. The van der Waals surface area contributed by atoms with Gasteiger partial charge in [0.15, 0.2) is 9.84 Å². The van der Waals surface area contributed by atoms with Crippen LogP contribution in [0, 0.1) is 0 Å². The van der Waals surface area contributed by atoms with Crippen LogP contribution >= 0.6 is 0 Å². The minimum Gasteiger partial charge on any atom is -0.480 e. The Labute approximate surface area is 123 Å². The molecular weight excluding hydrogens is 288 g/mol. The van der Waals surface area contributed by atoms with E-state index in [1.54, 1.807) is 37.6 Å². The van der Waals surface area contributed by atoms with Gasteiger partial charge in [-0.25, -0.2) is 13.4 Å². The molecule has 0 spiro atoms. The van der Waals surface area contributed by atoms with Crippen LogP contribution in [0.5, 0.6) is 5.88 Å². The first-order valence-corrected chi connectivity index (χ1v) is 8.27. The van der Waals surface area contributed by atoms with Gasteiger partial charge >= 0.3 is 0 Å². The molecule has 3 rings (SSSR count). The molecule has 1 aromatic heterocycles. The second-order valence-electron chi connectivity index (χ2n) is 4.82. The fourth-order valence-corrected chi connectivity index (χ4v) is 2.99. The summed E-state index contributed by atoms with van der Waals surface area (Å²) >= 11 is 0. The second-order valence-corrected chi connectivity index (χ2v) is 6.83. The number of hydrogen-bond donors (Lipinski definition) is 0. The largest absolute Gasteiger partial charge is 0.480 e.